The highest BCUT2D eigenvalue weighted by atomic mass is 79.9. The Morgan fingerprint density at radius 2 is 2.44 bits per heavy atom. The zero-order valence-corrected chi connectivity index (χ0v) is 6.52. The standard InChI is InChI=1S/C7H7BrO/c8-6-2-4-1-5(6)7(9)3-4/h2,4-5H,1,3H2. The molecule has 9 heavy (non-hydrogen) atoms. The van der Waals surface area contributed by atoms with Gasteiger partial charge in [0, 0.05) is 16.8 Å². The van der Waals surface area contributed by atoms with Gasteiger partial charge in [-0.2, -0.15) is 0 Å². The van der Waals surface area contributed by atoms with Crippen molar-refractivity contribution in [3.05, 3.63) is 10.6 Å². The first kappa shape index (κ1) is 5.66. The second kappa shape index (κ2) is 1.69. The highest BCUT2D eigenvalue weighted by Crippen LogP contribution is 2.43. The van der Waals surface area contributed by atoms with Gasteiger partial charge < -0.3 is 0 Å². The third-order valence-electron chi connectivity index (χ3n) is 2.12. The summed E-state index contributed by atoms with van der Waals surface area (Å²) >= 11 is 3.38. The highest BCUT2D eigenvalue weighted by Gasteiger charge is 2.38. The lowest BCUT2D eigenvalue weighted by molar-refractivity contribution is -0.119. The number of carbonyl (C=O) groups excluding carboxylic acids is 1. The molecule has 0 aromatic rings. The first-order valence-corrected chi connectivity index (χ1v) is 3.96. The maximum Gasteiger partial charge on any atom is 0.141 e. The summed E-state index contributed by atoms with van der Waals surface area (Å²) < 4.78 is 1.13. The van der Waals surface area contributed by atoms with Crippen LogP contribution in [0.25, 0.3) is 0 Å². The lowest BCUT2D eigenvalue weighted by Gasteiger charge is -2.03. The molecule has 0 aliphatic heterocycles. The number of fused-ring (bicyclic) bond motifs is 2. The Kier molecular flexibility index (Phi) is 1.06. The van der Waals surface area contributed by atoms with E-state index >= 15 is 0 Å². The van der Waals surface area contributed by atoms with Crippen LogP contribution < -0.4 is 0 Å². The molecule has 1 nitrogen and oxygen atoms in total. The van der Waals surface area contributed by atoms with Gasteiger partial charge in [0.25, 0.3) is 0 Å². The molecule has 0 aromatic heterocycles. The summed E-state index contributed by atoms with van der Waals surface area (Å²) in [5.74, 6) is 1.24. The topological polar surface area (TPSA) is 17.1 Å². The molecule has 0 heterocycles. The van der Waals surface area contributed by atoms with Crippen LogP contribution in [0, 0.1) is 11.8 Å². The molecule has 2 rings (SSSR count). The smallest absolute Gasteiger partial charge is 0.141 e. The van der Waals surface area contributed by atoms with Gasteiger partial charge in [0.1, 0.15) is 5.78 Å². The molecule has 1 saturated carbocycles. The van der Waals surface area contributed by atoms with E-state index in [9.17, 15) is 4.79 Å². The van der Waals surface area contributed by atoms with Crippen LogP contribution in [-0.2, 0) is 4.79 Å². The Balaban J connectivity index is 2.36. The van der Waals surface area contributed by atoms with Crippen LogP contribution in [0.15, 0.2) is 10.6 Å². The predicted molar refractivity (Wildman–Crippen MR) is 38.2 cm³/mol. The van der Waals surface area contributed by atoms with Crippen molar-refractivity contribution in [2.24, 2.45) is 11.8 Å². The third kappa shape index (κ3) is 0.692. The molecule has 48 valence electrons. The highest BCUT2D eigenvalue weighted by molar-refractivity contribution is 9.11. The van der Waals surface area contributed by atoms with E-state index in [0.717, 1.165) is 17.3 Å². The number of hydrogen-bond acceptors (Lipinski definition) is 1. The Hall–Kier alpha value is -0.110. The van der Waals surface area contributed by atoms with E-state index < -0.39 is 0 Å². The minimum Gasteiger partial charge on any atom is -0.299 e. The lowest BCUT2D eigenvalue weighted by Crippen LogP contribution is -2.06. The van der Waals surface area contributed by atoms with Crippen LogP contribution in [0.5, 0.6) is 0 Å². The fourth-order valence-electron chi connectivity index (χ4n) is 1.65. The molecule has 0 amide bonds. The van der Waals surface area contributed by atoms with Crippen molar-refractivity contribution in [3.8, 4) is 0 Å². The van der Waals surface area contributed by atoms with E-state index in [4.69, 9.17) is 0 Å². The van der Waals surface area contributed by atoms with E-state index in [0.29, 0.717) is 11.7 Å². The van der Waals surface area contributed by atoms with Gasteiger partial charge in [0.15, 0.2) is 0 Å². The van der Waals surface area contributed by atoms with E-state index in [1.54, 1.807) is 0 Å². The summed E-state index contributed by atoms with van der Waals surface area (Å²) in [4.78, 5) is 11.0. The fraction of sp³-hybridized carbons (Fsp3) is 0.571. The lowest BCUT2D eigenvalue weighted by atomic mass is 10.1. The molecule has 2 aliphatic carbocycles. The van der Waals surface area contributed by atoms with Gasteiger partial charge in [0.05, 0.1) is 0 Å². The van der Waals surface area contributed by atoms with Crippen LogP contribution in [0.3, 0.4) is 0 Å². The van der Waals surface area contributed by atoms with Crippen molar-refractivity contribution >= 4 is 21.7 Å². The molecule has 0 aromatic carbocycles. The molecule has 0 saturated heterocycles. The molecule has 0 N–H and O–H groups in total. The summed E-state index contributed by atoms with van der Waals surface area (Å²) in [6.07, 6.45) is 4.03. The molecule has 2 aliphatic rings. The number of allylic oxidation sites excluding steroid dienone is 2. The summed E-state index contributed by atoms with van der Waals surface area (Å²) in [6, 6.07) is 0. The molecule has 0 spiro atoms. The number of hydrogen-bond donors (Lipinski definition) is 0. The number of rotatable bonds is 0. The molecule has 2 bridgehead atoms. The number of ketones is 1. The van der Waals surface area contributed by atoms with Crippen molar-refractivity contribution in [1.82, 2.24) is 0 Å². The number of halogens is 1. The Labute approximate surface area is 62.3 Å². The average Bonchev–Trinajstić information content (AvgIpc) is 2.22. The maximum atomic E-state index is 11.0. The van der Waals surface area contributed by atoms with Crippen molar-refractivity contribution in [2.75, 3.05) is 0 Å². The maximum absolute atomic E-state index is 11.0. The first-order chi connectivity index (χ1) is 4.27. The summed E-state index contributed by atoms with van der Waals surface area (Å²) in [5.41, 5.74) is 0. The molecule has 2 unspecified atom stereocenters. The Bertz CT molecular complexity index is 195. The predicted octanol–water partition coefficient (Wildman–Crippen LogP) is 1.87. The second-order valence-electron chi connectivity index (χ2n) is 2.77. The van der Waals surface area contributed by atoms with Gasteiger partial charge in [-0.3, -0.25) is 4.79 Å². The molecular weight excluding hydrogens is 180 g/mol. The average molecular weight is 187 g/mol. The zero-order valence-electron chi connectivity index (χ0n) is 4.93. The van der Waals surface area contributed by atoms with E-state index in [-0.39, 0.29) is 5.92 Å². The summed E-state index contributed by atoms with van der Waals surface area (Å²) in [6.45, 7) is 0. The van der Waals surface area contributed by atoms with Crippen LogP contribution in [0.2, 0.25) is 0 Å². The third-order valence-corrected chi connectivity index (χ3v) is 2.94. The Morgan fingerprint density at radius 3 is 2.78 bits per heavy atom. The van der Waals surface area contributed by atoms with Crippen LogP contribution in [0.4, 0.5) is 0 Å². The largest absolute Gasteiger partial charge is 0.299 e. The minimum absolute atomic E-state index is 0.245. The van der Waals surface area contributed by atoms with Gasteiger partial charge in [-0.05, 0) is 12.3 Å². The van der Waals surface area contributed by atoms with E-state index in [2.05, 4.69) is 22.0 Å². The summed E-state index contributed by atoms with van der Waals surface area (Å²) in [5, 5.41) is 0. The normalized spacial score (nSPS) is 39.7. The van der Waals surface area contributed by atoms with Gasteiger partial charge >= 0.3 is 0 Å². The monoisotopic (exact) mass is 186 g/mol. The van der Waals surface area contributed by atoms with Gasteiger partial charge in [-0.1, -0.05) is 22.0 Å². The molecule has 0 radical (unpaired) electrons. The quantitative estimate of drug-likeness (QED) is 0.565. The zero-order chi connectivity index (χ0) is 6.43. The first-order valence-electron chi connectivity index (χ1n) is 3.17. The van der Waals surface area contributed by atoms with Crippen molar-refractivity contribution in [2.45, 2.75) is 12.8 Å². The van der Waals surface area contributed by atoms with Crippen molar-refractivity contribution in [3.63, 3.8) is 0 Å². The van der Waals surface area contributed by atoms with Crippen LogP contribution >= 0.6 is 15.9 Å². The number of Topliss-reactive ketones (excluding diaryl/α,β-unsaturated/α-hetero) is 1. The molecule has 2 heteroatoms. The van der Waals surface area contributed by atoms with E-state index in [1.165, 1.54) is 0 Å². The van der Waals surface area contributed by atoms with Crippen LogP contribution in [-0.4, -0.2) is 5.78 Å². The van der Waals surface area contributed by atoms with E-state index in [1.807, 2.05) is 0 Å². The SMILES string of the molecule is O=C1CC2C=C(Br)C1C2. The van der Waals surface area contributed by atoms with Gasteiger partial charge in [-0.15, -0.1) is 0 Å². The van der Waals surface area contributed by atoms with Crippen molar-refractivity contribution < 1.29 is 4.79 Å². The fourth-order valence-corrected chi connectivity index (χ4v) is 2.47. The summed E-state index contributed by atoms with van der Waals surface area (Å²) in [7, 11) is 0. The molecule has 1 fully saturated rings. The number of carbonyl (C=O) groups is 1. The van der Waals surface area contributed by atoms with Gasteiger partial charge in [-0.25, -0.2) is 0 Å². The van der Waals surface area contributed by atoms with Crippen molar-refractivity contribution in [1.29, 1.82) is 0 Å². The van der Waals surface area contributed by atoms with Crippen LogP contribution in [0.1, 0.15) is 12.8 Å². The molecular formula is C7H7BrO. The molecule has 2 atom stereocenters. The minimum atomic E-state index is 0.245. The Morgan fingerprint density at radius 1 is 1.67 bits per heavy atom. The van der Waals surface area contributed by atoms with Gasteiger partial charge in [0.2, 0.25) is 0 Å². The second-order valence-corrected chi connectivity index (χ2v) is 3.69.